The largest absolute Gasteiger partial charge is 0.469 e. The van der Waals surface area contributed by atoms with E-state index in [-0.39, 0.29) is 19.6 Å². The van der Waals surface area contributed by atoms with Crippen LogP contribution >= 0.6 is 0 Å². The van der Waals surface area contributed by atoms with Gasteiger partial charge in [-0.1, -0.05) is 13.0 Å². The van der Waals surface area contributed by atoms with Gasteiger partial charge >= 0.3 is 23.9 Å². The molecule has 0 aromatic carbocycles. The van der Waals surface area contributed by atoms with E-state index in [1.54, 1.807) is 32.9 Å². The Morgan fingerprint density at radius 1 is 0.960 bits per heavy atom. The van der Waals surface area contributed by atoms with Crippen LogP contribution in [0.4, 0.5) is 0 Å². The molecule has 7 fully saturated rings. The van der Waals surface area contributed by atoms with Crippen LogP contribution in [0.25, 0.3) is 0 Å². The molecule has 1 spiro atoms. The zero-order chi connectivity index (χ0) is 36.0. The second-order valence-corrected chi connectivity index (χ2v) is 15.6. The average molecular weight is 705 g/mol. The molecule has 8 aliphatic rings. The molecule has 50 heavy (non-hydrogen) atoms. The molecule has 3 saturated carbocycles. The van der Waals surface area contributed by atoms with Gasteiger partial charge in [0.25, 0.3) is 0 Å². The standard InChI is InChI=1S/C35H44O15/c1-8-15(2)26(38)48-18-12-19(47-16(3)36)33(28(40)43-7)14-45-21-24(33)32(18)13-46-22(27(39)42-6)23(32)30(4,25(21)37)35-20-11-17(31(35,5)50-35)34(41)9-10-44-29(34)49-20/h8-10,17-25,29,37,41H,11-14H2,1-7H3/t17?,18-,19+,20+,21+,22-,23-,24?,25+,29-,30-,31?,32+,33-,34?,35?/m0/s1. The summed E-state index contributed by atoms with van der Waals surface area (Å²) in [5, 5.41) is 24.8. The highest BCUT2D eigenvalue weighted by atomic mass is 16.7. The molecule has 2 bridgehead atoms. The molecule has 5 aliphatic heterocycles. The van der Waals surface area contributed by atoms with Gasteiger partial charge in [0.05, 0.1) is 52.0 Å². The maximum atomic E-state index is 14.2. The topological polar surface area (TPSA) is 195 Å². The number of allylic oxidation sites excluding steroid dienone is 1. The van der Waals surface area contributed by atoms with E-state index in [4.69, 9.17) is 42.6 Å². The van der Waals surface area contributed by atoms with Crippen LogP contribution in [0, 0.1) is 34.0 Å². The Morgan fingerprint density at radius 2 is 1.70 bits per heavy atom. The third-order valence-electron chi connectivity index (χ3n) is 14.1. The smallest absolute Gasteiger partial charge is 0.335 e. The van der Waals surface area contributed by atoms with Crippen molar-refractivity contribution in [3.05, 3.63) is 24.0 Å². The summed E-state index contributed by atoms with van der Waals surface area (Å²) in [5.74, 6) is -5.48. The number of aliphatic hydroxyl groups excluding tert-OH is 1. The molecule has 8 rings (SSSR count). The first-order chi connectivity index (χ1) is 23.6. The number of esters is 4. The first-order valence-corrected chi connectivity index (χ1v) is 17.1. The Bertz CT molecular complexity index is 1610. The van der Waals surface area contributed by atoms with Crippen LogP contribution in [-0.4, -0.2) is 121 Å². The minimum atomic E-state index is -1.68. The number of ether oxygens (including phenoxy) is 9. The lowest BCUT2D eigenvalue weighted by Crippen LogP contribution is -2.77. The molecule has 5 heterocycles. The van der Waals surface area contributed by atoms with Crippen molar-refractivity contribution in [1.29, 1.82) is 0 Å². The summed E-state index contributed by atoms with van der Waals surface area (Å²) in [5.41, 5.74) is -8.31. The summed E-state index contributed by atoms with van der Waals surface area (Å²) in [4.78, 5) is 54.3. The maximum Gasteiger partial charge on any atom is 0.335 e. The minimum absolute atomic E-state index is 0.169. The molecule has 5 unspecified atom stereocenters. The number of fused-ring (bicyclic) bond motifs is 7. The van der Waals surface area contributed by atoms with Gasteiger partial charge in [-0.25, -0.2) is 9.59 Å². The summed E-state index contributed by atoms with van der Waals surface area (Å²) in [7, 11) is 2.43. The predicted octanol–water partition coefficient (Wildman–Crippen LogP) is 0.477. The number of epoxide rings is 1. The van der Waals surface area contributed by atoms with E-state index in [1.807, 2.05) is 6.92 Å². The summed E-state index contributed by atoms with van der Waals surface area (Å²) >= 11 is 0. The van der Waals surface area contributed by atoms with Crippen molar-refractivity contribution in [3.8, 4) is 0 Å². The van der Waals surface area contributed by atoms with Gasteiger partial charge in [0.1, 0.15) is 28.8 Å². The molecule has 0 aromatic heterocycles. The molecule has 15 nitrogen and oxygen atoms in total. The van der Waals surface area contributed by atoms with Crippen LogP contribution in [-0.2, 0) is 61.8 Å². The van der Waals surface area contributed by atoms with E-state index in [1.165, 1.54) is 27.4 Å². The molecular weight excluding hydrogens is 660 g/mol. The SMILES string of the molecule is CC=C(C)C(=O)O[C@H]1C[C@@H](OC(C)=O)[C@@]2(C(=O)OC)CO[C@@H]3C2[C@]12CO[C@H](C(=O)OC)[C@H]2[C@](C)(C12OC1(C)C1C[C@H]2O[C@@H]2OC=CC12O)[C@@H]3O. The third-order valence-corrected chi connectivity index (χ3v) is 14.1. The van der Waals surface area contributed by atoms with Gasteiger partial charge in [0.2, 0.25) is 6.29 Å². The lowest BCUT2D eigenvalue weighted by atomic mass is 9.38. The minimum Gasteiger partial charge on any atom is -0.469 e. The lowest BCUT2D eigenvalue weighted by Gasteiger charge is -2.65. The van der Waals surface area contributed by atoms with Crippen molar-refractivity contribution < 1.29 is 72.0 Å². The molecule has 16 atom stereocenters. The molecule has 4 saturated heterocycles. The van der Waals surface area contributed by atoms with Crippen molar-refractivity contribution in [3.63, 3.8) is 0 Å². The predicted molar refractivity (Wildman–Crippen MR) is 163 cm³/mol. The molecule has 3 aliphatic carbocycles. The summed E-state index contributed by atoms with van der Waals surface area (Å²) in [6.45, 7) is 7.60. The number of methoxy groups -OCH3 is 2. The lowest BCUT2D eigenvalue weighted by molar-refractivity contribution is -0.296. The zero-order valence-corrected chi connectivity index (χ0v) is 29.0. The highest BCUT2D eigenvalue weighted by Gasteiger charge is 2.95. The second-order valence-electron chi connectivity index (χ2n) is 15.6. The molecule has 274 valence electrons. The van der Waals surface area contributed by atoms with Crippen molar-refractivity contribution in [1.82, 2.24) is 0 Å². The van der Waals surface area contributed by atoms with E-state index in [2.05, 4.69) is 0 Å². The Balaban J connectivity index is 1.37. The van der Waals surface area contributed by atoms with E-state index in [9.17, 15) is 29.4 Å². The Morgan fingerprint density at radius 3 is 2.36 bits per heavy atom. The second kappa shape index (κ2) is 10.5. The van der Waals surface area contributed by atoms with Crippen LogP contribution in [0.3, 0.4) is 0 Å². The number of carbonyl (C=O) groups is 4. The van der Waals surface area contributed by atoms with Gasteiger partial charge in [-0.05, 0) is 33.3 Å². The highest BCUT2D eigenvalue weighted by molar-refractivity contribution is 5.88. The fourth-order valence-electron chi connectivity index (χ4n) is 12.1. The van der Waals surface area contributed by atoms with Gasteiger partial charge in [-0.3, -0.25) is 9.59 Å². The van der Waals surface area contributed by atoms with Crippen LogP contribution in [0.15, 0.2) is 24.0 Å². The molecular formula is C35H44O15. The van der Waals surface area contributed by atoms with E-state index < -0.39 is 118 Å². The van der Waals surface area contributed by atoms with Gasteiger partial charge in [0, 0.05) is 47.5 Å². The fraction of sp³-hybridized carbons (Fsp3) is 0.771. The molecule has 2 N–H and O–H groups in total. The van der Waals surface area contributed by atoms with Crippen LogP contribution < -0.4 is 0 Å². The highest BCUT2D eigenvalue weighted by Crippen LogP contribution is 2.82. The molecule has 0 radical (unpaired) electrons. The normalized spacial score (nSPS) is 53.3. The van der Waals surface area contributed by atoms with Gasteiger partial charge < -0.3 is 52.8 Å². The Hall–Kier alpha value is -3.08. The van der Waals surface area contributed by atoms with Gasteiger partial charge in [-0.2, -0.15) is 0 Å². The van der Waals surface area contributed by atoms with Crippen LogP contribution in [0.1, 0.15) is 47.5 Å². The molecule has 15 heteroatoms. The first-order valence-electron chi connectivity index (χ1n) is 17.1. The summed E-state index contributed by atoms with van der Waals surface area (Å²) in [6.07, 6.45) is -3.32. The van der Waals surface area contributed by atoms with Crippen molar-refractivity contribution in [2.75, 3.05) is 27.4 Å². The first kappa shape index (κ1) is 34.0. The number of hydrogen-bond donors (Lipinski definition) is 2. The summed E-state index contributed by atoms with van der Waals surface area (Å²) < 4.78 is 54.7. The number of rotatable bonds is 6. The average Bonchev–Trinajstić information content (AvgIpc) is 3.52. The van der Waals surface area contributed by atoms with Gasteiger partial charge in [0.15, 0.2) is 11.7 Å². The number of aliphatic hydroxyl groups is 2. The molecule has 0 aromatic rings. The van der Waals surface area contributed by atoms with E-state index >= 15 is 0 Å². The van der Waals surface area contributed by atoms with E-state index in [0.717, 1.165) is 0 Å². The zero-order valence-electron chi connectivity index (χ0n) is 29.0. The number of carbonyl (C=O) groups excluding carboxylic acids is 4. The summed E-state index contributed by atoms with van der Waals surface area (Å²) in [6, 6.07) is 0. The quantitative estimate of drug-likeness (QED) is 0.168. The molecule has 0 amide bonds. The van der Waals surface area contributed by atoms with Crippen LogP contribution in [0.5, 0.6) is 0 Å². The maximum absolute atomic E-state index is 14.2. The number of hydrogen-bond acceptors (Lipinski definition) is 15. The van der Waals surface area contributed by atoms with Gasteiger partial charge in [-0.15, -0.1) is 0 Å². The third kappa shape index (κ3) is 3.56. The van der Waals surface area contributed by atoms with Crippen molar-refractivity contribution in [2.24, 2.45) is 34.0 Å². The van der Waals surface area contributed by atoms with E-state index in [0.29, 0.717) is 12.0 Å². The van der Waals surface area contributed by atoms with Crippen molar-refractivity contribution >= 4 is 23.9 Å². The van der Waals surface area contributed by atoms with Crippen LogP contribution in [0.2, 0.25) is 0 Å². The Labute approximate surface area is 288 Å². The fourth-order valence-corrected chi connectivity index (χ4v) is 12.1. The Kier molecular flexibility index (Phi) is 7.15. The monoisotopic (exact) mass is 704 g/mol. The van der Waals surface area contributed by atoms with Crippen molar-refractivity contribution in [2.45, 2.75) is 107 Å².